The number of carbonyl (C=O) groups excluding carboxylic acids is 1. The Morgan fingerprint density at radius 1 is 1.10 bits per heavy atom. The van der Waals surface area contributed by atoms with Crippen LogP contribution in [0.5, 0.6) is 0 Å². The Morgan fingerprint density at radius 2 is 1.81 bits per heavy atom. The number of para-hydroxylation sites is 1. The molecule has 0 aromatic heterocycles. The standard InChI is InChI=1S/C16H21NO4/c18-15(19)12-8-3-1-2-4-9-13-21-16(20)17-14-10-6-5-7-11-14/h5-8,10-12H,1-4,9,13H2,(H,17,20)(H,18,19). The van der Waals surface area contributed by atoms with Crippen LogP contribution in [0.2, 0.25) is 0 Å². The summed E-state index contributed by atoms with van der Waals surface area (Å²) in [6.07, 6.45) is 6.86. The van der Waals surface area contributed by atoms with Crippen LogP contribution in [-0.2, 0) is 9.53 Å². The third kappa shape index (κ3) is 9.27. The van der Waals surface area contributed by atoms with Crippen molar-refractivity contribution < 1.29 is 19.4 Å². The van der Waals surface area contributed by atoms with Gasteiger partial charge in [-0.15, -0.1) is 0 Å². The zero-order valence-electron chi connectivity index (χ0n) is 12.0. The Bertz CT molecular complexity index is 457. The van der Waals surface area contributed by atoms with Crippen molar-refractivity contribution in [2.75, 3.05) is 11.9 Å². The highest BCUT2D eigenvalue weighted by molar-refractivity contribution is 5.84. The first-order valence-electron chi connectivity index (χ1n) is 7.07. The van der Waals surface area contributed by atoms with Crippen LogP contribution in [0.1, 0.15) is 32.1 Å². The van der Waals surface area contributed by atoms with Crippen LogP contribution in [0, 0.1) is 0 Å². The molecule has 0 radical (unpaired) electrons. The van der Waals surface area contributed by atoms with E-state index in [1.165, 1.54) is 0 Å². The van der Waals surface area contributed by atoms with Crippen LogP contribution in [0.3, 0.4) is 0 Å². The second-order valence-electron chi connectivity index (χ2n) is 4.57. The Morgan fingerprint density at radius 3 is 2.52 bits per heavy atom. The monoisotopic (exact) mass is 291 g/mol. The SMILES string of the molecule is O=C(O)C=CCCCCCCOC(=O)Nc1ccccc1. The molecule has 114 valence electrons. The van der Waals surface area contributed by atoms with Gasteiger partial charge in [0.2, 0.25) is 0 Å². The van der Waals surface area contributed by atoms with Gasteiger partial charge in [-0.1, -0.05) is 37.1 Å². The number of anilines is 1. The lowest BCUT2D eigenvalue weighted by atomic mass is 10.1. The van der Waals surface area contributed by atoms with E-state index in [9.17, 15) is 9.59 Å². The minimum Gasteiger partial charge on any atom is -0.478 e. The van der Waals surface area contributed by atoms with Gasteiger partial charge in [0.1, 0.15) is 0 Å². The number of aliphatic carboxylic acids is 1. The maximum atomic E-state index is 11.5. The molecule has 1 amide bonds. The van der Waals surface area contributed by atoms with Gasteiger partial charge in [-0.05, 0) is 31.4 Å². The first-order valence-corrected chi connectivity index (χ1v) is 7.07. The molecular formula is C16H21NO4. The molecule has 1 aromatic rings. The maximum Gasteiger partial charge on any atom is 0.411 e. The van der Waals surface area contributed by atoms with Crippen molar-refractivity contribution in [3.8, 4) is 0 Å². The summed E-state index contributed by atoms with van der Waals surface area (Å²) in [5.41, 5.74) is 0.715. The van der Waals surface area contributed by atoms with Crippen molar-refractivity contribution in [3.63, 3.8) is 0 Å². The van der Waals surface area contributed by atoms with Gasteiger partial charge in [-0.25, -0.2) is 9.59 Å². The highest BCUT2D eigenvalue weighted by Crippen LogP contribution is 2.07. The van der Waals surface area contributed by atoms with Crippen molar-refractivity contribution in [1.29, 1.82) is 0 Å². The van der Waals surface area contributed by atoms with Crippen LogP contribution in [0.25, 0.3) is 0 Å². The van der Waals surface area contributed by atoms with Crippen molar-refractivity contribution in [3.05, 3.63) is 42.5 Å². The largest absolute Gasteiger partial charge is 0.478 e. The number of benzene rings is 1. The summed E-state index contributed by atoms with van der Waals surface area (Å²) >= 11 is 0. The molecule has 0 bridgehead atoms. The number of carbonyl (C=O) groups is 2. The van der Waals surface area contributed by atoms with E-state index in [1.807, 2.05) is 18.2 Å². The van der Waals surface area contributed by atoms with Gasteiger partial charge in [-0.2, -0.15) is 0 Å². The molecule has 0 saturated heterocycles. The summed E-state index contributed by atoms with van der Waals surface area (Å²) < 4.78 is 5.06. The molecule has 1 rings (SSSR count). The van der Waals surface area contributed by atoms with Gasteiger partial charge >= 0.3 is 12.1 Å². The lowest BCUT2D eigenvalue weighted by Gasteiger charge is -2.06. The van der Waals surface area contributed by atoms with Crippen molar-refractivity contribution in [2.24, 2.45) is 0 Å². The molecule has 21 heavy (non-hydrogen) atoms. The molecule has 0 unspecified atom stereocenters. The predicted molar refractivity (Wildman–Crippen MR) is 81.3 cm³/mol. The summed E-state index contributed by atoms with van der Waals surface area (Å²) in [4.78, 5) is 21.7. The number of hydrogen-bond donors (Lipinski definition) is 2. The minimum atomic E-state index is -0.909. The summed E-state index contributed by atoms with van der Waals surface area (Å²) in [5, 5.41) is 11.0. The molecule has 0 spiro atoms. The fourth-order valence-electron chi connectivity index (χ4n) is 1.74. The average molecular weight is 291 g/mol. The number of ether oxygens (including phenoxy) is 1. The highest BCUT2D eigenvalue weighted by Gasteiger charge is 2.01. The number of allylic oxidation sites excluding steroid dienone is 1. The van der Waals surface area contributed by atoms with Crippen molar-refractivity contribution in [1.82, 2.24) is 0 Å². The lowest BCUT2D eigenvalue weighted by molar-refractivity contribution is -0.131. The van der Waals surface area contributed by atoms with E-state index >= 15 is 0 Å². The Hall–Kier alpha value is -2.30. The molecule has 5 nitrogen and oxygen atoms in total. The summed E-state index contributed by atoms with van der Waals surface area (Å²) in [6.45, 7) is 0.392. The van der Waals surface area contributed by atoms with E-state index in [1.54, 1.807) is 18.2 Å². The highest BCUT2D eigenvalue weighted by atomic mass is 16.5. The number of carboxylic acids is 1. The fraction of sp³-hybridized carbons (Fsp3) is 0.375. The van der Waals surface area contributed by atoms with Crippen LogP contribution in [-0.4, -0.2) is 23.8 Å². The number of amides is 1. The third-order valence-electron chi connectivity index (χ3n) is 2.78. The second-order valence-corrected chi connectivity index (χ2v) is 4.57. The van der Waals surface area contributed by atoms with Gasteiger partial charge in [0, 0.05) is 11.8 Å². The number of unbranched alkanes of at least 4 members (excludes halogenated alkanes) is 4. The lowest BCUT2D eigenvalue weighted by Crippen LogP contribution is -2.14. The molecule has 0 aliphatic rings. The Kier molecular flexibility index (Phi) is 8.36. The molecule has 0 atom stereocenters. The zero-order valence-corrected chi connectivity index (χ0v) is 12.0. The van der Waals surface area contributed by atoms with Crippen molar-refractivity contribution >= 4 is 17.7 Å². The summed E-state index contributed by atoms with van der Waals surface area (Å²) in [5.74, 6) is -0.909. The molecule has 2 N–H and O–H groups in total. The quantitative estimate of drug-likeness (QED) is 0.535. The normalized spacial score (nSPS) is 10.5. The minimum absolute atomic E-state index is 0.392. The van der Waals surface area contributed by atoms with Gasteiger partial charge in [-0.3, -0.25) is 5.32 Å². The first kappa shape index (κ1) is 16.8. The van der Waals surface area contributed by atoms with Gasteiger partial charge in [0.15, 0.2) is 0 Å². The Balaban J connectivity index is 1.97. The number of hydrogen-bond acceptors (Lipinski definition) is 3. The van der Waals surface area contributed by atoms with E-state index in [2.05, 4.69) is 5.32 Å². The van der Waals surface area contributed by atoms with Gasteiger partial charge in [0.05, 0.1) is 6.61 Å². The first-order chi connectivity index (χ1) is 10.2. The van der Waals surface area contributed by atoms with E-state index in [0.717, 1.165) is 38.2 Å². The van der Waals surface area contributed by atoms with E-state index in [-0.39, 0.29) is 0 Å². The number of nitrogens with one attached hydrogen (secondary N) is 1. The molecule has 5 heteroatoms. The third-order valence-corrected chi connectivity index (χ3v) is 2.78. The number of carboxylic acid groups (broad SMARTS) is 1. The van der Waals surface area contributed by atoms with Gasteiger partial charge in [0.25, 0.3) is 0 Å². The molecule has 0 fully saturated rings. The van der Waals surface area contributed by atoms with Crippen LogP contribution >= 0.6 is 0 Å². The topological polar surface area (TPSA) is 75.6 Å². The molecular weight excluding hydrogens is 270 g/mol. The smallest absolute Gasteiger partial charge is 0.411 e. The predicted octanol–water partition coefficient (Wildman–Crippen LogP) is 3.83. The van der Waals surface area contributed by atoms with Crippen molar-refractivity contribution in [2.45, 2.75) is 32.1 Å². The second kappa shape index (κ2) is 10.5. The summed E-state index contributed by atoms with van der Waals surface area (Å²) in [7, 11) is 0. The maximum absolute atomic E-state index is 11.5. The summed E-state index contributed by atoms with van der Waals surface area (Å²) in [6, 6.07) is 9.16. The van der Waals surface area contributed by atoms with Crippen LogP contribution in [0.15, 0.2) is 42.5 Å². The van der Waals surface area contributed by atoms with Gasteiger partial charge < -0.3 is 9.84 Å². The van der Waals surface area contributed by atoms with Crippen LogP contribution < -0.4 is 5.32 Å². The van der Waals surface area contributed by atoms with Crippen LogP contribution in [0.4, 0.5) is 10.5 Å². The number of rotatable bonds is 9. The molecule has 0 saturated carbocycles. The van der Waals surface area contributed by atoms with E-state index in [4.69, 9.17) is 9.84 Å². The van der Waals surface area contributed by atoms with E-state index < -0.39 is 12.1 Å². The molecule has 0 heterocycles. The zero-order chi connectivity index (χ0) is 15.3. The molecule has 1 aromatic carbocycles. The Labute approximate surface area is 124 Å². The average Bonchev–Trinajstić information content (AvgIpc) is 2.46. The fourth-order valence-corrected chi connectivity index (χ4v) is 1.74. The van der Waals surface area contributed by atoms with E-state index in [0.29, 0.717) is 12.3 Å². The molecule has 0 aliphatic heterocycles. The molecule has 0 aliphatic carbocycles.